The van der Waals surface area contributed by atoms with Crippen molar-refractivity contribution in [2.75, 3.05) is 19.0 Å². The number of methoxy groups -OCH3 is 1. The van der Waals surface area contributed by atoms with Crippen LogP contribution in [0.15, 0.2) is 22.7 Å². The monoisotopic (exact) mass is 342 g/mol. The van der Waals surface area contributed by atoms with Crippen LogP contribution >= 0.6 is 15.9 Å². The average Bonchev–Trinajstić information content (AvgIpc) is 2.84. The molecule has 0 aliphatic heterocycles. The number of aliphatic hydroxyl groups excluding tert-OH is 1. The molecule has 1 aliphatic rings. The van der Waals surface area contributed by atoms with Gasteiger partial charge in [0.25, 0.3) is 0 Å². The Labute approximate surface area is 126 Å². The van der Waals surface area contributed by atoms with E-state index in [1.807, 2.05) is 6.07 Å². The maximum atomic E-state index is 11.8. The smallest absolute Gasteiger partial charge is 0.319 e. The summed E-state index contributed by atoms with van der Waals surface area (Å²) in [6.07, 6.45) is 2.54. The Balaban J connectivity index is 1.85. The maximum Gasteiger partial charge on any atom is 0.319 e. The Morgan fingerprint density at radius 3 is 2.95 bits per heavy atom. The molecule has 1 aromatic carbocycles. The van der Waals surface area contributed by atoms with Gasteiger partial charge in [0.15, 0.2) is 0 Å². The van der Waals surface area contributed by atoms with Crippen molar-refractivity contribution in [3.63, 3.8) is 0 Å². The van der Waals surface area contributed by atoms with E-state index in [4.69, 9.17) is 4.74 Å². The predicted molar refractivity (Wildman–Crippen MR) is 81.1 cm³/mol. The molecule has 1 saturated carbocycles. The maximum absolute atomic E-state index is 11.8. The number of hydrogen-bond donors (Lipinski definition) is 3. The van der Waals surface area contributed by atoms with Gasteiger partial charge in [0.2, 0.25) is 0 Å². The first-order valence-electron chi connectivity index (χ1n) is 6.66. The molecule has 0 unspecified atom stereocenters. The van der Waals surface area contributed by atoms with Crippen LogP contribution in [0.1, 0.15) is 19.3 Å². The molecular weight excluding hydrogens is 324 g/mol. The fourth-order valence-electron chi connectivity index (χ4n) is 2.39. The SMILES string of the molecule is COc1cc(NC(=O)NC[C@@H]2CCC[C@H]2O)ccc1Br. The predicted octanol–water partition coefficient (Wildman–Crippen LogP) is 2.74. The molecule has 20 heavy (non-hydrogen) atoms. The first-order chi connectivity index (χ1) is 9.60. The van der Waals surface area contributed by atoms with Gasteiger partial charge in [-0.1, -0.05) is 6.42 Å². The van der Waals surface area contributed by atoms with Gasteiger partial charge < -0.3 is 20.5 Å². The van der Waals surface area contributed by atoms with Crippen molar-refractivity contribution >= 4 is 27.6 Å². The molecule has 1 aromatic rings. The molecule has 2 rings (SSSR count). The van der Waals surface area contributed by atoms with Gasteiger partial charge in [-0.25, -0.2) is 4.79 Å². The minimum atomic E-state index is -0.289. The Morgan fingerprint density at radius 2 is 2.30 bits per heavy atom. The molecule has 0 heterocycles. The summed E-state index contributed by atoms with van der Waals surface area (Å²) in [4.78, 5) is 11.8. The Hall–Kier alpha value is -1.27. The van der Waals surface area contributed by atoms with E-state index >= 15 is 0 Å². The second-order valence-electron chi connectivity index (χ2n) is 4.94. The molecule has 2 atom stereocenters. The van der Waals surface area contributed by atoms with Crippen molar-refractivity contribution in [1.29, 1.82) is 0 Å². The summed E-state index contributed by atoms with van der Waals surface area (Å²) in [7, 11) is 1.57. The van der Waals surface area contributed by atoms with Crippen LogP contribution in [-0.4, -0.2) is 30.9 Å². The van der Waals surface area contributed by atoms with E-state index in [2.05, 4.69) is 26.6 Å². The van der Waals surface area contributed by atoms with E-state index in [1.165, 1.54) is 0 Å². The van der Waals surface area contributed by atoms with Crippen LogP contribution in [0.2, 0.25) is 0 Å². The van der Waals surface area contributed by atoms with Crippen molar-refractivity contribution in [2.45, 2.75) is 25.4 Å². The van der Waals surface area contributed by atoms with Crippen molar-refractivity contribution in [3.05, 3.63) is 22.7 Å². The van der Waals surface area contributed by atoms with E-state index in [9.17, 15) is 9.90 Å². The second-order valence-corrected chi connectivity index (χ2v) is 5.80. The highest BCUT2D eigenvalue weighted by molar-refractivity contribution is 9.10. The Kier molecular flexibility index (Phi) is 5.25. The highest BCUT2D eigenvalue weighted by Crippen LogP contribution is 2.28. The quantitative estimate of drug-likeness (QED) is 0.787. The molecule has 0 radical (unpaired) electrons. The summed E-state index contributed by atoms with van der Waals surface area (Å²) >= 11 is 3.36. The number of aliphatic hydroxyl groups is 1. The van der Waals surface area contributed by atoms with Crippen LogP contribution in [0.4, 0.5) is 10.5 Å². The highest BCUT2D eigenvalue weighted by atomic mass is 79.9. The molecule has 0 aromatic heterocycles. The summed E-state index contributed by atoms with van der Waals surface area (Å²) < 4.78 is 6.00. The average molecular weight is 343 g/mol. The van der Waals surface area contributed by atoms with E-state index in [0.29, 0.717) is 18.0 Å². The first-order valence-corrected chi connectivity index (χ1v) is 7.46. The molecule has 110 valence electrons. The standard InChI is InChI=1S/C14H19BrN2O3/c1-20-13-7-10(5-6-11(13)15)17-14(19)16-8-9-3-2-4-12(9)18/h5-7,9,12,18H,2-4,8H2,1H3,(H2,16,17,19)/t9-,12+/m0/s1. The van der Waals surface area contributed by atoms with Gasteiger partial charge in [-0.3, -0.25) is 0 Å². The van der Waals surface area contributed by atoms with Gasteiger partial charge in [0.05, 0.1) is 17.7 Å². The number of hydrogen-bond acceptors (Lipinski definition) is 3. The topological polar surface area (TPSA) is 70.6 Å². The Bertz CT molecular complexity index is 481. The third-order valence-corrected chi connectivity index (χ3v) is 4.21. The van der Waals surface area contributed by atoms with Gasteiger partial charge in [-0.2, -0.15) is 0 Å². The number of ether oxygens (including phenoxy) is 1. The summed E-state index contributed by atoms with van der Waals surface area (Å²) in [5.74, 6) is 0.828. The molecule has 5 nitrogen and oxygen atoms in total. The number of anilines is 1. The number of urea groups is 1. The van der Waals surface area contributed by atoms with Crippen molar-refractivity contribution in [3.8, 4) is 5.75 Å². The van der Waals surface area contributed by atoms with Crippen LogP contribution in [0.3, 0.4) is 0 Å². The van der Waals surface area contributed by atoms with Crippen molar-refractivity contribution < 1.29 is 14.6 Å². The summed E-state index contributed by atoms with van der Waals surface area (Å²) in [6, 6.07) is 5.08. The zero-order valence-electron chi connectivity index (χ0n) is 11.4. The highest BCUT2D eigenvalue weighted by Gasteiger charge is 2.25. The number of benzene rings is 1. The summed E-state index contributed by atoms with van der Waals surface area (Å²) in [5, 5.41) is 15.2. The molecule has 2 amide bonds. The zero-order chi connectivity index (χ0) is 14.5. The van der Waals surface area contributed by atoms with Gasteiger partial charge in [-0.05, 0) is 40.9 Å². The molecule has 1 fully saturated rings. The number of halogens is 1. The third-order valence-electron chi connectivity index (χ3n) is 3.55. The number of nitrogens with one attached hydrogen (secondary N) is 2. The second kappa shape index (κ2) is 6.95. The number of amides is 2. The lowest BCUT2D eigenvalue weighted by atomic mass is 10.1. The third kappa shape index (κ3) is 3.86. The van der Waals surface area contributed by atoms with Crippen LogP contribution in [0.25, 0.3) is 0 Å². The van der Waals surface area contributed by atoms with E-state index in [1.54, 1.807) is 19.2 Å². The molecule has 6 heteroatoms. The molecule has 0 saturated heterocycles. The summed E-state index contributed by atoms with van der Waals surface area (Å²) in [5.41, 5.74) is 0.662. The van der Waals surface area contributed by atoms with Gasteiger partial charge in [0, 0.05) is 24.2 Å². The van der Waals surface area contributed by atoms with Crippen LogP contribution < -0.4 is 15.4 Å². The van der Waals surface area contributed by atoms with Crippen LogP contribution in [-0.2, 0) is 0 Å². The van der Waals surface area contributed by atoms with Gasteiger partial charge in [-0.15, -0.1) is 0 Å². The Morgan fingerprint density at radius 1 is 1.50 bits per heavy atom. The van der Waals surface area contributed by atoms with Gasteiger partial charge in [0.1, 0.15) is 5.75 Å². The lowest BCUT2D eigenvalue weighted by molar-refractivity contribution is 0.133. The molecule has 1 aliphatic carbocycles. The lowest BCUT2D eigenvalue weighted by Crippen LogP contribution is -2.35. The number of carbonyl (C=O) groups is 1. The molecule has 3 N–H and O–H groups in total. The minimum absolute atomic E-state index is 0.167. The van der Waals surface area contributed by atoms with E-state index in [0.717, 1.165) is 23.7 Å². The fraction of sp³-hybridized carbons (Fsp3) is 0.500. The number of carbonyl (C=O) groups excluding carboxylic acids is 1. The fourth-order valence-corrected chi connectivity index (χ4v) is 2.80. The number of rotatable bonds is 4. The molecule has 0 bridgehead atoms. The lowest BCUT2D eigenvalue weighted by Gasteiger charge is -2.15. The zero-order valence-corrected chi connectivity index (χ0v) is 12.9. The van der Waals surface area contributed by atoms with Crippen LogP contribution in [0, 0.1) is 5.92 Å². The molecule has 0 spiro atoms. The van der Waals surface area contributed by atoms with Gasteiger partial charge >= 0.3 is 6.03 Å². The van der Waals surface area contributed by atoms with Crippen molar-refractivity contribution in [2.24, 2.45) is 5.92 Å². The molecular formula is C14H19BrN2O3. The normalized spacial score (nSPS) is 21.6. The van der Waals surface area contributed by atoms with Crippen molar-refractivity contribution in [1.82, 2.24) is 5.32 Å². The van der Waals surface area contributed by atoms with Crippen LogP contribution in [0.5, 0.6) is 5.75 Å². The van der Waals surface area contributed by atoms with E-state index < -0.39 is 0 Å². The first kappa shape index (κ1) is 15.1. The minimum Gasteiger partial charge on any atom is -0.495 e. The summed E-state index contributed by atoms with van der Waals surface area (Å²) in [6.45, 7) is 0.501. The van der Waals surface area contributed by atoms with E-state index in [-0.39, 0.29) is 18.1 Å². The largest absolute Gasteiger partial charge is 0.495 e.